The van der Waals surface area contributed by atoms with Crippen molar-refractivity contribution < 1.29 is 9.52 Å². The smallest absolute Gasteiger partial charge is 0.133 e. The Morgan fingerprint density at radius 3 is 3.00 bits per heavy atom. The van der Waals surface area contributed by atoms with Crippen LogP contribution in [0.25, 0.3) is 11.0 Å². The van der Waals surface area contributed by atoms with Gasteiger partial charge in [0.1, 0.15) is 5.58 Å². The van der Waals surface area contributed by atoms with Gasteiger partial charge in [0.15, 0.2) is 0 Å². The van der Waals surface area contributed by atoms with E-state index in [0.29, 0.717) is 0 Å². The van der Waals surface area contributed by atoms with E-state index in [0.717, 1.165) is 16.5 Å². The summed E-state index contributed by atoms with van der Waals surface area (Å²) in [4.78, 5) is 0. The average molecular weight is 177 g/mol. The van der Waals surface area contributed by atoms with Gasteiger partial charge in [0.2, 0.25) is 0 Å². The van der Waals surface area contributed by atoms with Crippen molar-refractivity contribution in [2.45, 2.75) is 6.04 Å². The van der Waals surface area contributed by atoms with E-state index in [1.807, 2.05) is 24.3 Å². The maximum absolute atomic E-state index is 8.86. The minimum Gasteiger partial charge on any atom is -0.464 e. The van der Waals surface area contributed by atoms with Crippen molar-refractivity contribution in [1.82, 2.24) is 0 Å². The van der Waals surface area contributed by atoms with E-state index in [2.05, 4.69) is 0 Å². The van der Waals surface area contributed by atoms with Gasteiger partial charge < -0.3 is 15.3 Å². The molecular formula is C10H11NO2. The molecule has 0 fully saturated rings. The van der Waals surface area contributed by atoms with Crippen LogP contribution < -0.4 is 5.73 Å². The monoisotopic (exact) mass is 177 g/mol. The summed E-state index contributed by atoms with van der Waals surface area (Å²) in [6.07, 6.45) is 1.64. The number of rotatable bonds is 2. The van der Waals surface area contributed by atoms with Crippen LogP contribution in [0.5, 0.6) is 0 Å². The first-order chi connectivity index (χ1) is 6.31. The second kappa shape index (κ2) is 3.20. The molecule has 0 amide bonds. The van der Waals surface area contributed by atoms with Crippen LogP contribution >= 0.6 is 0 Å². The zero-order chi connectivity index (χ0) is 9.26. The second-order valence-electron chi connectivity index (χ2n) is 3.01. The molecule has 0 saturated carbocycles. The molecule has 3 nitrogen and oxygen atoms in total. The van der Waals surface area contributed by atoms with E-state index in [-0.39, 0.29) is 12.6 Å². The molecule has 0 radical (unpaired) electrons. The molecule has 2 rings (SSSR count). The molecule has 3 heteroatoms. The Bertz CT molecular complexity index is 408. The Morgan fingerprint density at radius 2 is 2.23 bits per heavy atom. The lowest BCUT2D eigenvalue weighted by atomic mass is 10.1. The van der Waals surface area contributed by atoms with E-state index in [1.165, 1.54) is 0 Å². The molecule has 1 heterocycles. The van der Waals surface area contributed by atoms with Crippen molar-refractivity contribution in [3.63, 3.8) is 0 Å². The van der Waals surface area contributed by atoms with Crippen LogP contribution in [-0.2, 0) is 0 Å². The summed E-state index contributed by atoms with van der Waals surface area (Å²) < 4.78 is 5.18. The highest BCUT2D eigenvalue weighted by Crippen LogP contribution is 2.19. The molecule has 1 aromatic carbocycles. The normalized spacial score (nSPS) is 13.4. The fourth-order valence-electron chi connectivity index (χ4n) is 1.32. The molecule has 13 heavy (non-hydrogen) atoms. The maximum atomic E-state index is 8.86. The van der Waals surface area contributed by atoms with Crippen LogP contribution in [0.15, 0.2) is 34.9 Å². The minimum atomic E-state index is -0.306. The Morgan fingerprint density at radius 1 is 1.38 bits per heavy atom. The van der Waals surface area contributed by atoms with Crippen molar-refractivity contribution in [2.75, 3.05) is 6.61 Å². The molecule has 0 saturated heterocycles. The number of hydrogen-bond acceptors (Lipinski definition) is 3. The molecule has 0 unspecified atom stereocenters. The molecule has 0 aliphatic heterocycles. The summed E-state index contributed by atoms with van der Waals surface area (Å²) in [7, 11) is 0. The average Bonchev–Trinajstić information content (AvgIpc) is 2.63. The predicted molar refractivity (Wildman–Crippen MR) is 50.2 cm³/mol. The maximum Gasteiger partial charge on any atom is 0.133 e. The third-order valence-corrected chi connectivity index (χ3v) is 2.10. The zero-order valence-corrected chi connectivity index (χ0v) is 7.10. The molecule has 0 spiro atoms. The molecule has 0 bridgehead atoms. The quantitative estimate of drug-likeness (QED) is 0.729. The molecule has 68 valence electrons. The van der Waals surface area contributed by atoms with E-state index in [4.69, 9.17) is 15.3 Å². The van der Waals surface area contributed by atoms with Gasteiger partial charge in [-0.05, 0) is 23.8 Å². The summed E-state index contributed by atoms with van der Waals surface area (Å²) in [5.74, 6) is 0. The number of benzene rings is 1. The van der Waals surface area contributed by atoms with Crippen molar-refractivity contribution in [2.24, 2.45) is 5.73 Å². The largest absolute Gasteiger partial charge is 0.464 e. The Kier molecular flexibility index (Phi) is 2.04. The SMILES string of the molecule is N[C@H](CO)c1ccc2occc2c1. The minimum absolute atomic E-state index is 0.0383. The second-order valence-corrected chi connectivity index (χ2v) is 3.01. The Hall–Kier alpha value is -1.32. The molecule has 2 aromatic rings. The van der Waals surface area contributed by atoms with Gasteiger partial charge in [0.25, 0.3) is 0 Å². The lowest BCUT2D eigenvalue weighted by Crippen LogP contribution is -2.13. The Labute approximate surface area is 75.8 Å². The van der Waals surface area contributed by atoms with Gasteiger partial charge in [-0.2, -0.15) is 0 Å². The standard InChI is InChI=1S/C10H11NO2/c11-9(6-12)7-1-2-10-8(5-7)3-4-13-10/h1-5,9,12H,6,11H2/t9-/m1/s1. The molecular weight excluding hydrogens is 166 g/mol. The third kappa shape index (κ3) is 1.43. The molecule has 0 aliphatic rings. The number of furan rings is 1. The van der Waals surface area contributed by atoms with E-state index in [1.54, 1.807) is 6.26 Å². The molecule has 1 atom stereocenters. The number of hydrogen-bond donors (Lipinski definition) is 2. The van der Waals surface area contributed by atoms with Gasteiger partial charge >= 0.3 is 0 Å². The summed E-state index contributed by atoms with van der Waals surface area (Å²) >= 11 is 0. The van der Waals surface area contributed by atoms with Gasteiger partial charge in [0, 0.05) is 5.39 Å². The van der Waals surface area contributed by atoms with Crippen LogP contribution in [0.1, 0.15) is 11.6 Å². The van der Waals surface area contributed by atoms with Gasteiger partial charge in [-0.25, -0.2) is 0 Å². The number of nitrogens with two attached hydrogens (primary N) is 1. The molecule has 0 aliphatic carbocycles. The van der Waals surface area contributed by atoms with Crippen LogP contribution in [0.2, 0.25) is 0 Å². The summed E-state index contributed by atoms with van der Waals surface area (Å²) in [6.45, 7) is -0.0383. The zero-order valence-electron chi connectivity index (χ0n) is 7.10. The van der Waals surface area contributed by atoms with E-state index >= 15 is 0 Å². The molecule has 3 N–H and O–H groups in total. The van der Waals surface area contributed by atoms with Crippen molar-refractivity contribution in [1.29, 1.82) is 0 Å². The first-order valence-corrected chi connectivity index (χ1v) is 4.15. The lowest BCUT2D eigenvalue weighted by Gasteiger charge is -2.07. The van der Waals surface area contributed by atoms with Gasteiger partial charge in [0.05, 0.1) is 18.9 Å². The highest BCUT2D eigenvalue weighted by molar-refractivity contribution is 5.77. The number of aliphatic hydroxyl groups excluding tert-OH is 1. The highest BCUT2D eigenvalue weighted by Gasteiger charge is 2.05. The number of fused-ring (bicyclic) bond motifs is 1. The lowest BCUT2D eigenvalue weighted by molar-refractivity contribution is 0.268. The first-order valence-electron chi connectivity index (χ1n) is 4.15. The fraction of sp³-hybridized carbons (Fsp3) is 0.200. The summed E-state index contributed by atoms with van der Waals surface area (Å²) in [6, 6.07) is 7.23. The van der Waals surface area contributed by atoms with Crippen LogP contribution in [-0.4, -0.2) is 11.7 Å². The summed E-state index contributed by atoms with van der Waals surface area (Å²) in [5, 5.41) is 9.88. The van der Waals surface area contributed by atoms with Crippen LogP contribution in [0.4, 0.5) is 0 Å². The Balaban J connectivity index is 2.48. The molecule has 1 aromatic heterocycles. The van der Waals surface area contributed by atoms with Gasteiger partial charge in [-0.1, -0.05) is 6.07 Å². The fourth-order valence-corrected chi connectivity index (χ4v) is 1.32. The highest BCUT2D eigenvalue weighted by atomic mass is 16.3. The van der Waals surface area contributed by atoms with Crippen LogP contribution in [0.3, 0.4) is 0 Å². The number of aliphatic hydroxyl groups is 1. The van der Waals surface area contributed by atoms with Crippen molar-refractivity contribution in [3.8, 4) is 0 Å². The van der Waals surface area contributed by atoms with Gasteiger partial charge in [-0.3, -0.25) is 0 Å². The first kappa shape index (κ1) is 8.29. The summed E-state index contributed by atoms with van der Waals surface area (Å²) in [5.41, 5.74) is 7.44. The van der Waals surface area contributed by atoms with Crippen LogP contribution in [0, 0.1) is 0 Å². The third-order valence-electron chi connectivity index (χ3n) is 2.10. The van der Waals surface area contributed by atoms with Crippen molar-refractivity contribution >= 4 is 11.0 Å². The van der Waals surface area contributed by atoms with Crippen molar-refractivity contribution in [3.05, 3.63) is 36.1 Å². The topological polar surface area (TPSA) is 59.4 Å². The predicted octanol–water partition coefficient (Wildman–Crippen LogP) is 1.42. The van der Waals surface area contributed by atoms with E-state index < -0.39 is 0 Å². The van der Waals surface area contributed by atoms with Gasteiger partial charge in [-0.15, -0.1) is 0 Å². The van der Waals surface area contributed by atoms with E-state index in [9.17, 15) is 0 Å².